The van der Waals surface area contributed by atoms with Crippen molar-refractivity contribution in [1.29, 1.82) is 0 Å². The molecular formula is C30H39BN3O3. The second kappa shape index (κ2) is 10.4. The van der Waals surface area contributed by atoms with E-state index >= 15 is 0 Å². The summed E-state index contributed by atoms with van der Waals surface area (Å²) in [6.45, 7) is 16.8. The van der Waals surface area contributed by atoms with Gasteiger partial charge in [-0.1, -0.05) is 68.4 Å². The SMILES string of the molecule is CC(C)(C)N([O])c1ccc(B(c2ccc(N([O])C(C)(C)C)cc2)c2ccc(N([O])C(C)(C)C)cc2)cc1. The van der Waals surface area contributed by atoms with E-state index in [1.54, 1.807) is 0 Å². The fourth-order valence-electron chi connectivity index (χ4n) is 4.15. The van der Waals surface area contributed by atoms with E-state index in [1.807, 2.05) is 135 Å². The normalized spacial score (nSPS) is 12.3. The van der Waals surface area contributed by atoms with Crippen LogP contribution in [0.4, 0.5) is 17.1 Å². The predicted molar refractivity (Wildman–Crippen MR) is 153 cm³/mol. The average molecular weight is 500 g/mol. The largest absolute Gasteiger partial charge is 0.241 e. The second-order valence-corrected chi connectivity index (χ2v) is 12.6. The number of hydrogen-bond acceptors (Lipinski definition) is 3. The lowest BCUT2D eigenvalue weighted by Crippen LogP contribution is -2.52. The molecule has 6 nitrogen and oxygen atoms in total. The predicted octanol–water partition coefficient (Wildman–Crippen LogP) is 5.05. The van der Waals surface area contributed by atoms with Crippen molar-refractivity contribution in [1.82, 2.24) is 0 Å². The molecule has 195 valence electrons. The van der Waals surface area contributed by atoms with Gasteiger partial charge in [-0.25, -0.2) is 15.2 Å². The molecule has 0 atom stereocenters. The van der Waals surface area contributed by atoms with Crippen LogP contribution in [-0.2, 0) is 15.6 Å². The van der Waals surface area contributed by atoms with Crippen LogP contribution < -0.4 is 31.6 Å². The molecule has 0 aromatic heterocycles. The lowest BCUT2D eigenvalue weighted by molar-refractivity contribution is 0.102. The minimum Gasteiger partial charge on any atom is -0.215 e. The summed E-state index contributed by atoms with van der Waals surface area (Å²) < 4.78 is 0. The third-order valence-corrected chi connectivity index (χ3v) is 6.21. The van der Waals surface area contributed by atoms with Crippen molar-refractivity contribution in [2.75, 3.05) is 15.2 Å². The first-order valence-corrected chi connectivity index (χ1v) is 12.7. The zero-order valence-electron chi connectivity index (χ0n) is 23.6. The Balaban J connectivity index is 2.04. The van der Waals surface area contributed by atoms with Crippen molar-refractivity contribution in [2.45, 2.75) is 78.9 Å². The molecule has 0 saturated heterocycles. The Hall–Kier alpha value is -3.00. The van der Waals surface area contributed by atoms with Gasteiger partial charge in [-0.3, -0.25) is 0 Å². The topological polar surface area (TPSA) is 69.4 Å². The smallest absolute Gasteiger partial charge is 0.215 e. The monoisotopic (exact) mass is 500 g/mol. The van der Waals surface area contributed by atoms with Crippen molar-refractivity contribution in [2.24, 2.45) is 0 Å². The molecule has 0 heterocycles. The molecule has 0 aliphatic carbocycles. The molecular weight excluding hydrogens is 461 g/mol. The molecule has 0 amide bonds. The van der Waals surface area contributed by atoms with E-state index in [4.69, 9.17) is 0 Å². The Morgan fingerprint density at radius 3 is 0.757 bits per heavy atom. The molecule has 0 spiro atoms. The van der Waals surface area contributed by atoms with Gasteiger partial charge in [0.05, 0.1) is 33.7 Å². The Kier molecular flexibility index (Phi) is 8.03. The Labute approximate surface area is 222 Å². The van der Waals surface area contributed by atoms with Crippen LogP contribution in [0.1, 0.15) is 62.3 Å². The van der Waals surface area contributed by atoms with Crippen LogP contribution in [0.15, 0.2) is 72.8 Å². The maximum atomic E-state index is 12.7. The van der Waals surface area contributed by atoms with Crippen molar-refractivity contribution < 1.29 is 15.6 Å². The van der Waals surface area contributed by atoms with Crippen LogP contribution >= 0.6 is 0 Å². The van der Waals surface area contributed by atoms with Crippen molar-refractivity contribution in [3.05, 3.63) is 72.8 Å². The van der Waals surface area contributed by atoms with E-state index in [0.29, 0.717) is 17.1 Å². The molecule has 0 saturated carbocycles. The van der Waals surface area contributed by atoms with Gasteiger partial charge < -0.3 is 0 Å². The average Bonchev–Trinajstić information content (AvgIpc) is 2.82. The maximum absolute atomic E-state index is 12.7. The summed E-state index contributed by atoms with van der Waals surface area (Å²) in [5.41, 5.74) is 3.20. The standard InChI is InChI=1S/C30H39BN3O3/c1-28(2,3)32(35)25-16-10-22(11-17-25)31(23-12-18-26(19-13-23)33(36)29(4,5)6)24-14-20-27(21-15-24)34(37)30(7,8)9/h10-21H,1-9H3. The summed E-state index contributed by atoms with van der Waals surface area (Å²) in [6.07, 6.45) is 0. The van der Waals surface area contributed by atoms with Gasteiger partial charge >= 0.3 is 0 Å². The van der Waals surface area contributed by atoms with E-state index < -0.39 is 16.6 Å². The Morgan fingerprint density at radius 1 is 0.405 bits per heavy atom. The molecule has 7 heteroatoms. The van der Waals surface area contributed by atoms with Gasteiger partial charge in [-0.2, -0.15) is 0 Å². The summed E-state index contributed by atoms with van der Waals surface area (Å²) in [4.78, 5) is 0. The van der Waals surface area contributed by atoms with Gasteiger partial charge in [-0.15, -0.1) is 0 Å². The first kappa shape index (κ1) is 28.6. The summed E-state index contributed by atoms with van der Waals surface area (Å²) >= 11 is 0. The number of anilines is 3. The van der Waals surface area contributed by atoms with E-state index in [-0.39, 0.29) is 6.71 Å². The van der Waals surface area contributed by atoms with Crippen molar-refractivity contribution in [3.8, 4) is 0 Å². The van der Waals surface area contributed by atoms with Crippen LogP contribution in [0.3, 0.4) is 0 Å². The minimum absolute atomic E-state index is 0.142. The fourth-order valence-corrected chi connectivity index (χ4v) is 4.15. The molecule has 0 N–H and O–H groups in total. The summed E-state index contributed by atoms with van der Waals surface area (Å²) in [5, 5.41) is 41.1. The van der Waals surface area contributed by atoms with Crippen LogP contribution in [0.5, 0.6) is 0 Å². The number of hydroxylamine groups is 3. The molecule has 3 radical (unpaired) electrons. The van der Waals surface area contributed by atoms with E-state index in [0.717, 1.165) is 31.6 Å². The third-order valence-electron chi connectivity index (χ3n) is 6.21. The van der Waals surface area contributed by atoms with Gasteiger partial charge in [0.25, 0.3) is 0 Å². The lowest BCUT2D eigenvalue weighted by Gasteiger charge is -2.30. The van der Waals surface area contributed by atoms with Gasteiger partial charge in [0.15, 0.2) is 0 Å². The highest BCUT2D eigenvalue weighted by Crippen LogP contribution is 2.23. The van der Waals surface area contributed by atoms with Crippen LogP contribution in [-0.4, -0.2) is 23.3 Å². The summed E-state index contributed by atoms with van der Waals surface area (Å²) in [5.74, 6) is 0. The quantitative estimate of drug-likeness (QED) is 0.351. The summed E-state index contributed by atoms with van der Waals surface area (Å²) in [6, 6.07) is 22.9. The molecule has 0 unspecified atom stereocenters. The zero-order chi connectivity index (χ0) is 27.8. The fraction of sp³-hybridized carbons (Fsp3) is 0.400. The van der Waals surface area contributed by atoms with E-state index in [9.17, 15) is 15.6 Å². The van der Waals surface area contributed by atoms with Gasteiger partial charge in [0.1, 0.15) is 0 Å². The maximum Gasteiger partial charge on any atom is 0.241 e. The number of hydrogen-bond donors (Lipinski definition) is 0. The first-order valence-electron chi connectivity index (χ1n) is 12.7. The van der Waals surface area contributed by atoms with Crippen molar-refractivity contribution in [3.63, 3.8) is 0 Å². The van der Waals surface area contributed by atoms with Gasteiger partial charge in [0, 0.05) is 0 Å². The molecule has 0 fully saturated rings. The zero-order valence-corrected chi connectivity index (χ0v) is 23.6. The van der Waals surface area contributed by atoms with Crippen LogP contribution in [0, 0.1) is 0 Å². The molecule has 3 aromatic carbocycles. The second-order valence-electron chi connectivity index (χ2n) is 12.6. The Bertz CT molecular complexity index is 1010. The number of rotatable bonds is 6. The first-order chi connectivity index (χ1) is 17.0. The minimum atomic E-state index is -0.541. The highest BCUT2D eigenvalue weighted by atomic mass is 16.5. The van der Waals surface area contributed by atoms with Crippen molar-refractivity contribution >= 4 is 40.2 Å². The molecule has 37 heavy (non-hydrogen) atoms. The molecule has 0 aliphatic rings. The molecule has 3 aromatic rings. The molecule has 0 aliphatic heterocycles. The van der Waals surface area contributed by atoms with Crippen LogP contribution in [0.25, 0.3) is 0 Å². The number of nitrogens with zero attached hydrogens (tertiary/aromatic N) is 3. The number of benzene rings is 3. The highest BCUT2D eigenvalue weighted by molar-refractivity contribution is 6.95. The molecule has 3 rings (SSSR count). The van der Waals surface area contributed by atoms with E-state index in [1.165, 1.54) is 0 Å². The highest BCUT2D eigenvalue weighted by Gasteiger charge is 2.27. The lowest BCUT2D eigenvalue weighted by atomic mass is 9.37. The summed E-state index contributed by atoms with van der Waals surface area (Å²) in [7, 11) is 0. The van der Waals surface area contributed by atoms with Gasteiger partial charge in [0.2, 0.25) is 6.71 Å². The molecule has 0 bridgehead atoms. The van der Waals surface area contributed by atoms with E-state index in [2.05, 4.69) is 0 Å². The van der Waals surface area contributed by atoms with Gasteiger partial charge in [-0.05, 0) is 98.7 Å². The Morgan fingerprint density at radius 2 is 0.595 bits per heavy atom. The van der Waals surface area contributed by atoms with Crippen LogP contribution in [0.2, 0.25) is 0 Å². The third kappa shape index (κ3) is 6.66.